The van der Waals surface area contributed by atoms with Gasteiger partial charge in [0.2, 0.25) is 0 Å². The monoisotopic (exact) mass is 371 g/mol. The number of nitrogens with one attached hydrogen (secondary N) is 1. The zero-order valence-corrected chi connectivity index (χ0v) is 16.1. The van der Waals surface area contributed by atoms with Gasteiger partial charge in [-0.15, -0.1) is 0 Å². The Kier molecular flexibility index (Phi) is 5.74. The van der Waals surface area contributed by atoms with E-state index in [1.807, 2.05) is 26.0 Å². The molecule has 0 bridgehead atoms. The van der Waals surface area contributed by atoms with Crippen molar-refractivity contribution < 1.29 is 23.7 Å². The summed E-state index contributed by atoms with van der Waals surface area (Å²) in [6, 6.07) is 9.17. The highest BCUT2D eigenvalue weighted by atomic mass is 16.5. The first-order chi connectivity index (χ1) is 13.1. The SMILES string of the molecule is CCOc1cc2c(cc1CNC(=O)c1cccc(OC)c1OC)OC(C)C2. The van der Waals surface area contributed by atoms with Crippen LogP contribution in [0.1, 0.15) is 35.3 Å². The molecule has 144 valence electrons. The number of para-hydroxylation sites is 1. The van der Waals surface area contributed by atoms with Gasteiger partial charge >= 0.3 is 0 Å². The Labute approximate surface area is 159 Å². The Morgan fingerprint density at radius 3 is 2.74 bits per heavy atom. The van der Waals surface area contributed by atoms with Crippen molar-refractivity contribution >= 4 is 5.91 Å². The average molecular weight is 371 g/mol. The van der Waals surface area contributed by atoms with E-state index in [0.29, 0.717) is 30.2 Å². The van der Waals surface area contributed by atoms with E-state index in [2.05, 4.69) is 5.32 Å². The molecular formula is C21H25NO5. The number of amides is 1. The minimum Gasteiger partial charge on any atom is -0.494 e. The Morgan fingerprint density at radius 2 is 2.04 bits per heavy atom. The molecule has 27 heavy (non-hydrogen) atoms. The van der Waals surface area contributed by atoms with Crippen molar-refractivity contribution in [1.82, 2.24) is 5.32 Å². The quantitative estimate of drug-likeness (QED) is 0.808. The van der Waals surface area contributed by atoms with E-state index in [4.69, 9.17) is 18.9 Å². The molecule has 0 spiro atoms. The Bertz CT molecular complexity index is 834. The van der Waals surface area contributed by atoms with Crippen LogP contribution in [0.2, 0.25) is 0 Å². The summed E-state index contributed by atoms with van der Waals surface area (Å²) in [4.78, 5) is 12.7. The predicted octanol–water partition coefficient (Wildman–Crippen LogP) is 3.36. The molecule has 1 N–H and O–H groups in total. The van der Waals surface area contributed by atoms with E-state index in [0.717, 1.165) is 29.0 Å². The molecule has 0 radical (unpaired) electrons. The van der Waals surface area contributed by atoms with Gasteiger partial charge in [-0.3, -0.25) is 4.79 Å². The largest absolute Gasteiger partial charge is 0.494 e. The van der Waals surface area contributed by atoms with E-state index >= 15 is 0 Å². The highest BCUT2D eigenvalue weighted by Gasteiger charge is 2.22. The number of methoxy groups -OCH3 is 2. The van der Waals surface area contributed by atoms with Crippen LogP contribution in [-0.4, -0.2) is 32.8 Å². The lowest BCUT2D eigenvalue weighted by Gasteiger charge is -2.15. The molecule has 0 saturated heterocycles. The summed E-state index contributed by atoms with van der Waals surface area (Å²) in [6.07, 6.45) is 1.02. The van der Waals surface area contributed by atoms with Gasteiger partial charge in [0.25, 0.3) is 5.91 Å². The molecular weight excluding hydrogens is 346 g/mol. The van der Waals surface area contributed by atoms with E-state index in [-0.39, 0.29) is 12.0 Å². The van der Waals surface area contributed by atoms with Gasteiger partial charge < -0.3 is 24.3 Å². The van der Waals surface area contributed by atoms with Crippen LogP contribution in [0.15, 0.2) is 30.3 Å². The first kappa shape index (κ1) is 18.9. The van der Waals surface area contributed by atoms with Gasteiger partial charge in [0.05, 0.1) is 26.4 Å². The second-order valence-corrected chi connectivity index (χ2v) is 6.36. The van der Waals surface area contributed by atoms with Crippen molar-refractivity contribution in [3.63, 3.8) is 0 Å². The van der Waals surface area contributed by atoms with E-state index in [1.54, 1.807) is 25.3 Å². The Morgan fingerprint density at radius 1 is 1.22 bits per heavy atom. The van der Waals surface area contributed by atoms with E-state index in [9.17, 15) is 4.79 Å². The molecule has 1 amide bonds. The number of carbonyl (C=O) groups is 1. The third-order valence-corrected chi connectivity index (χ3v) is 4.47. The summed E-state index contributed by atoms with van der Waals surface area (Å²) in [5, 5.41) is 2.93. The molecule has 0 fully saturated rings. The van der Waals surface area contributed by atoms with Gasteiger partial charge in [0.15, 0.2) is 11.5 Å². The van der Waals surface area contributed by atoms with Gasteiger partial charge in [0, 0.05) is 24.1 Å². The van der Waals surface area contributed by atoms with Crippen LogP contribution in [-0.2, 0) is 13.0 Å². The van der Waals surface area contributed by atoms with Crippen LogP contribution in [0.3, 0.4) is 0 Å². The van der Waals surface area contributed by atoms with Crippen LogP contribution >= 0.6 is 0 Å². The van der Waals surface area contributed by atoms with Gasteiger partial charge in [-0.1, -0.05) is 6.07 Å². The van der Waals surface area contributed by atoms with Gasteiger partial charge in [-0.2, -0.15) is 0 Å². The van der Waals surface area contributed by atoms with Crippen molar-refractivity contribution in [2.45, 2.75) is 32.9 Å². The lowest BCUT2D eigenvalue weighted by atomic mass is 10.1. The molecule has 6 nitrogen and oxygen atoms in total. The van der Waals surface area contributed by atoms with E-state index in [1.165, 1.54) is 7.11 Å². The zero-order valence-electron chi connectivity index (χ0n) is 16.1. The lowest BCUT2D eigenvalue weighted by molar-refractivity contribution is 0.0947. The number of benzene rings is 2. The van der Waals surface area contributed by atoms with Crippen molar-refractivity contribution in [3.8, 4) is 23.0 Å². The highest BCUT2D eigenvalue weighted by molar-refractivity contribution is 5.97. The predicted molar refractivity (Wildman–Crippen MR) is 102 cm³/mol. The summed E-state index contributed by atoms with van der Waals surface area (Å²) < 4.78 is 22.2. The fraction of sp³-hybridized carbons (Fsp3) is 0.381. The number of carbonyl (C=O) groups excluding carboxylic acids is 1. The van der Waals surface area contributed by atoms with Crippen LogP contribution in [0.5, 0.6) is 23.0 Å². The maximum atomic E-state index is 12.7. The molecule has 3 rings (SSSR count). The van der Waals surface area contributed by atoms with Gasteiger partial charge in [0.1, 0.15) is 17.6 Å². The first-order valence-electron chi connectivity index (χ1n) is 9.01. The molecule has 1 heterocycles. The average Bonchev–Trinajstić information content (AvgIpc) is 3.04. The van der Waals surface area contributed by atoms with Crippen molar-refractivity contribution in [3.05, 3.63) is 47.0 Å². The third kappa shape index (κ3) is 3.94. The first-order valence-corrected chi connectivity index (χ1v) is 9.01. The fourth-order valence-corrected chi connectivity index (χ4v) is 3.25. The number of hydrogen-bond acceptors (Lipinski definition) is 5. The summed E-state index contributed by atoms with van der Waals surface area (Å²) in [5.41, 5.74) is 2.43. The summed E-state index contributed by atoms with van der Waals surface area (Å²) >= 11 is 0. The standard InChI is InChI=1S/C21H25NO5/c1-5-26-18-10-14-9-13(2)27-19(14)11-15(18)12-22-21(23)16-7-6-8-17(24-3)20(16)25-4/h6-8,10-11,13H,5,9,12H2,1-4H3,(H,22,23). The fourth-order valence-electron chi connectivity index (χ4n) is 3.25. The molecule has 6 heteroatoms. The second kappa shape index (κ2) is 8.20. The van der Waals surface area contributed by atoms with Crippen LogP contribution in [0.4, 0.5) is 0 Å². The zero-order chi connectivity index (χ0) is 19.4. The Hall–Kier alpha value is -2.89. The normalized spacial score (nSPS) is 14.9. The molecule has 0 aliphatic carbocycles. The van der Waals surface area contributed by atoms with Crippen molar-refractivity contribution in [2.75, 3.05) is 20.8 Å². The summed E-state index contributed by atoms with van der Waals surface area (Å²) in [7, 11) is 3.06. The number of ether oxygens (including phenoxy) is 4. The maximum Gasteiger partial charge on any atom is 0.255 e. The van der Waals surface area contributed by atoms with Gasteiger partial charge in [-0.25, -0.2) is 0 Å². The molecule has 1 atom stereocenters. The maximum absolute atomic E-state index is 12.7. The molecule has 1 aliphatic rings. The molecule has 2 aromatic carbocycles. The van der Waals surface area contributed by atoms with E-state index < -0.39 is 0 Å². The molecule has 0 saturated carbocycles. The number of fused-ring (bicyclic) bond motifs is 1. The number of rotatable bonds is 7. The minimum absolute atomic E-state index is 0.153. The highest BCUT2D eigenvalue weighted by Crippen LogP contribution is 2.35. The molecule has 1 unspecified atom stereocenters. The number of hydrogen-bond donors (Lipinski definition) is 1. The second-order valence-electron chi connectivity index (χ2n) is 6.36. The van der Waals surface area contributed by atoms with Gasteiger partial charge in [-0.05, 0) is 38.1 Å². The molecule has 1 aliphatic heterocycles. The van der Waals surface area contributed by atoms with Crippen LogP contribution < -0.4 is 24.3 Å². The Balaban J connectivity index is 1.81. The van der Waals surface area contributed by atoms with Crippen molar-refractivity contribution in [1.29, 1.82) is 0 Å². The van der Waals surface area contributed by atoms with Crippen LogP contribution in [0.25, 0.3) is 0 Å². The summed E-state index contributed by atoms with van der Waals surface area (Å²) in [5.74, 6) is 2.30. The lowest BCUT2D eigenvalue weighted by Crippen LogP contribution is -2.24. The summed E-state index contributed by atoms with van der Waals surface area (Å²) in [6.45, 7) is 4.85. The van der Waals surface area contributed by atoms with Crippen LogP contribution in [0, 0.1) is 0 Å². The smallest absolute Gasteiger partial charge is 0.255 e. The van der Waals surface area contributed by atoms with Crippen molar-refractivity contribution in [2.24, 2.45) is 0 Å². The minimum atomic E-state index is -0.247. The molecule has 2 aromatic rings. The third-order valence-electron chi connectivity index (χ3n) is 4.47. The topological polar surface area (TPSA) is 66.0 Å². The molecule has 0 aromatic heterocycles.